The van der Waals surface area contributed by atoms with Gasteiger partial charge in [-0.3, -0.25) is 4.79 Å². The second-order valence-corrected chi connectivity index (χ2v) is 6.09. The molecule has 2 aliphatic heterocycles. The molecule has 7 heteroatoms. The van der Waals surface area contributed by atoms with Crippen LogP contribution in [0.5, 0.6) is 5.75 Å². The molecular weight excluding hydrogens is 310 g/mol. The first kappa shape index (κ1) is 16.6. The van der Waals surface area contributed by atoms with Crippen molar-refractivity contribution in [1.29, 1.82) is 0 Å². The zero-order valence-electron chi connectivity index (χ0n) is 13.8. The van der Waals surface area contributed by atoms with E-state index >= 15 is 0 Å². The van der Waals surface area contributed by atoms with Crippen LogP contribution in [0.15, 0.2) is 24.3 Å². The molecule has 3 amide bonds. The lowest BCUT2D eigenvalue weighted by molar-refractivity contribution is -0.117. The van der Waals surface area contributed by atoms with Crippen molar-refractivity contribution in [3.05, 3.63) is 24.3 Å². The molecule has 0 spiro atoms. The lowest BCUT2D eigenvalue weighted by atomic mass is 10.2. The second-order valence-electron chi connectivity index (χ2n) is 6.09. The summed E-state index contributed by atoms with van der Waals surface area (Å²) in [4.78, 5) is 25.8. The van der Waals surface area contributed by atoms with Crippen LogP contribution in [0.3, 0.4) is 0 Å². The van der Waals surface area contributed by atoms with Crippen LogP contribution in [0.1, 0.15) is 19.3 Å². The summed E-state index contributed by atoms with van der Waals surface area (Å²) < 4.78 is 10.6. The third kappa shape index (κ3) is 3.97. The molecular formula is C17H23N3O4. The van der Waals surface area contributed by atoms with Crippen molar-refractivity contribution in [3.63, 3.8) is 0 Å². The van der Waals surface area contributed by atoms with Crippen molar-refractivity contribution in [1.82, 2.24) is 10.6 Å². The molecule has 0 aromatic heterocycles. The highest BCUT2D eigenvalue weighted by molar-refractivity contribution is 5.96. The van der Waals surface area contributed by atoms with Gasteiger partial charge in [0.05, 0.1) is 19.3 Å². The molecule has 24 heavy (non-hydrogen) atoms. The summed E-state index contributed by atoms with van der Waals surface area (Å²) in [5, 5.41) is 5.68. The van der Waals surface area contributed by atoms with Gasteiger partial charge < -0.3 is 25.0 Å². The first-order valence-corrected chi connectivity index (χ1v) is 8.26. The lowest BCUT2D eigenvalue weighted by Crippen LogP contribution is -2.45. The monoisotopic (exact) mass is 333 g/mol. The molecule has 0 unspecified atom stereocenters. The van der Waals surface area contributed by atoms with E-state index in [4.69, 9.17) is 9.47 Å². The first-order chi connectivity index (χ1) is 11.7. The van der Waals surface area contributed by atoms with Crippen LogP contribution in [0, 0.1) is 0 Å². The molecule has 2 fully saturated rings. The summed E-state index contributed by atoms with van der Waals surface area (Å²) in [6, 6.07) is 6.88. The highest BCUT2D eigenvalue weighted by Crippen LogP contribution is 2.24. The maximum atomic E-state index is 12.2. The maximum absolute atomic E-state index is 12.2. The van der Waals surface area contributed by atoms with E-state index in [0.717, 1.165) is 30.9 Å². The molecule has 2 atom stereocenters. The molecule has 130 valence electrons. The normalized spacial score (nSPS) is 23.4. The smallest absolute Gasteiger partial charge is 0.315 e. The van der Waals surface area contributed by atoms with Crippen LogP contribution in [0.25, 0.3) is 0 Å². The van der Waals surface area contributed by atoms with Gasteiger partial charge in [0.25, 0.3) is 0 Å². The number of carbonyl (C=O) groups is 2. The topological polar surface area (TPSA) is 79.9 Å². The predicted octanol–water partition coefficient (Wildman–Crippen LogP) is 1.28. The predicted molar refractivity (Wildman–Crippen MR) is 89.3 cm³/mol. The van der Waals surface area contributed by atoms with Crippen LogP contribution in [0.2, 0.25) is 0 Å². The molecule has 2 saturated heterocycles. The van der Waals surface area contributed by atoms with Crippen molar-refractivity contribution in [2.24, 2.45) is 0 Å². The van der Waals surface area contributed by atoms with Gasteiger partial charge in [-0.2, -0.15) is 0 Å². The Balaban J connectivity index is 1.49. The van der Waals surface area contributed by atoms with Gasteiger partial charge in [-0.1, -0.05) is 0 Å². The van der Waals surface area contributed by atoms with E-state index in [2.05, 4.69) is 10.6 Å². The number of ether oxygens (including phenoxy) is 2. The zero-order valence-corrected chi connectivity index (χ0v) is 13.8. The summed E-state index contributed by atoms with van der Waals surface area (Å²) in [5.74, 6) is 0.748. The number of nitrogens with one attached hydrogen (secondary N) is 2. The Morgan fingerprint density at radius 1 is 1.38 bits per heavy atom. The van der Waals surface area contributed by atoms with E-state index in [1.165, 1.54) is 0 Å². The van der Waals surface area contributed by atoms with E-state index in [9.17, 15) is 9.59 Å². The number of hydrogen-bond donors (Lipinski definition) is 2. The Morgan fingerprint density at radius 2 is 2.17 bits per heavy atom. The number of amides is 3. The molecule has 0 saturated carbocycles. The van der Waals surface area contributed by atoms with Gasteiger partial charge in [0.2, 0.25) is 5.91 Å². The van der Waals surface area contributed by atoms with E-state index in [1.807, 2.05) is 24.3 Å². The molecule has 0 bridgehead atoms. The maximum Gasteiger partial charge on any atom is 0.315 e. The standard InChI is InChI=1S/C17H23N3O4/c1-23-14-6-4-13(5-7-14)20-11-12(9-16(20)21)19-17(22)18-10-15-3-2-8-24-15/h4-7,12,15H,2-3,8-11H2,1H3,(H2,18,19,22)/t12-,15-/m0/s1. The molecule has 7 nitrogen and oxygen atoms in total. The molecule has 0 radical (unpaired) electrons. The summed E-state index contributed by atoms with van der Waals surface area (Å²) in [6.07, 6.45) is 2.44. The Bertz CT molecular complexity index is 584. The minimum absolute atomic E-state index is 0.00425. The van der Waals surface area contributed by atoms with Crippen molar-refractivity contribution < 1.29 is 19.1 Å². The lowest BCUT2D eigenvalue weighted by Gasteiger charge is -2.18. The number of rotatable bonds is 5. The number of methoxy groups -OCH3 is 1. The fourth-order valence-corrected chi connectivity index (χ4v) is 3.06. The zero-order chi connectivity index (χ0) is 16.9. The number of hydrogen-bond acceptors (Lipinski definition) is 4. The number of carbonyl (C=O) groups excluding carboxylic acids is 2. The second kappa shape index (κ2) is 7.53. The Labute approximate surface area is 141 Å². The van der Waals surface area contributed by atoms with Crippen molar-refractivity contribution in [2.75, 3.05) is 31.7 Å². The Kier molecular flexibility index (Phi) is 5.20. The van der Waals surface area contributed by atoms with Gasteiger partial charge in [0.15, 0.2) is 0 Å². The summed E-state index contributed by atoms with van der Waals surface area (Å²) in [5.41, 5.74) is 0.810. The summed E-state index contributed by atoms with van der Waals surface area (Å²) >= 11 is 0. The number of urea groups is 1. The van der Waals surface area contributed by atoms with Crippen LogP contribution in [-0.4, -0.2) is 50.9 Å². The van der Waals surface area contributed by atoms with Crippen molar-refractivity contribution in [3.8, 4) is 5.75 Å². The fraction of sp³-hybridized carbons (Fsp3) is 0.529. The number of nitrogens with zero attached hydrogens (tertiary/aromatic N) is 1. The quantitative estimate of drug-likeness (QED) is 0.851. The van der Waals surface area contributed by atoms with Gasteiger partial charge in [-0.05, 0) is 37.1 Å². The van der Waals surface area contributed by atoms with Crippen LogP contribution >= 0.6 is 0 Å². The number of benzene rings is 1. The molecule has 2 aliphatic rings. The van der Waals surface area contributed by atoms with E-state index < -0.39 is 0 Å². The van der Waals surface area contributed by atoms with E-state index in [-0.39, 0.29) is 24.1 Å². The van der Waals surface area contributed by atoms with Gasteiger partial charge in [-0.25, -0.2) is 4.79 Å². The van der Waals surface area contributed by atoms with Crippen molar-refractivity contribution >= 4 is 17.6 Å². The molecule has 2 N–H and O–H groups in total. The number of anilines is 1. The Hall–Kier alpha value is -2.28. The van der Waals surface area contributed by atoms with Crippen LogP contribution in [0.4, 0.5) is 10.5 Å². The average molecular weight is 333 g/mol. The third-order valence-electron chi connectivity index (χ3n) is 4.36. The fourth-order valence-electron chi connectivity index (χ4n) is 3.06. The molecule has 0 aliphatic carbocycles. The molecule has 1 aromatic carbocycles. The van der Waals surface area contributed by atoms with Gasteiger partial charge in [0, 0.05) is 31.8 Å². The summed E-state index contributed by atoms with van der Waals surface area (Å²) in [7, 11) is 1.60. The highest BCUT2D eigenvalue weighted by Gasteiger charge is 2.31. The minimum Gasteiger partial charge on any atom is -0.497 e. The minimum atomic E-state index is -0.250. The molecule has 2 heterocycles. The van der Waals surface area contributed by atoms with Crippen molar-refractivity contribution in [2.45, 2.75) is 31.4 Å². The summed E-state index contributed by atoms with van der Waals surface area (Å²) in [6.45, 7) is 1.75. The van der Waals surface area contributed by atoms with E-state index in [1.54, 1.807) is 12.0 Å². The molecule has 3 rings (SSSR count). The van der Waals surface area contributed by atoms with Gasteiger partial charge >= 0.3 is 6.03 Å². The highest BCUT2D eigenvalue weighted by atomic mass is 16.5. The SMILES string of the molecule is COc1ccc(N2C[C@@H](NC(=O)NC[C@@H]3CCCO3)CC2=O)cc1. The van der Waals surface area contributed by atoms with Crippen LogP contribution < -0.4 is 20.3 Å². The largest absolute Gasteiger partial charge is 0.497 e. The average Bonchev–Trinajstić information content (AvgIpc) is 3.23. The molecule has 1 aromatic rings. The van der Waals surface area contributed by atoms with Crippen LogP contribution in [-0.2, 0) is 9.53 Å². The van der Waals surface area contributed by atoms with E-state index in [0.29, 0.717) is 19.5 Å². The van der Waals surface area contributed by atoms with Gasteiger partial charge in [-0.15, -0.1) is 0 Å². The Morgan fingerprint density at radius 3 is 2.83 bits per heavy atom. The first-order valence-electron chi connectivity index (χ1n) is 8.26. The third-order valence-corrected chi connectivity index (χ3v) is 4.36. The van der Waals surface area contributed by atoms with Gasteiger partial charge in [0.1, 0.15) is 5.75 Å².